The highest BCUT2D eigenvalue weighted by Gasteiger charge is 2.48. The van der Waals surface area contributed by atoms with Crippen LogP contribution in [0.5, 0.6) is 0 Å². The average molecular weight is 354 g/mol. The molecule has 7 heteroatoms. The molecule has 4 atom stereocenters. The van der Waals surface area contributed by atoms with E-state index in [-0.39, 0.29) is 24.1 Å². The molecule has 0 aromatic heterocycles. The van der Waals surface area contributed by atoms with E-state index >= 15 is 0 Å². The van der Waals surface area contributed by atoms with Crippen molar-refractivity contribution < 1.29 is 14.4 Å². The molecule has 7 nitrogen and oxygen atoms in total. The number of hydrogen-bond acceptors (Lipinski definition) is 5. The van der Waals surface area contributed by atoms with Crippen LogP contribution in [0.15, 0.2) is 18.2 Å². The zero-order chi connectivity index (χ0) is 17.8. The second kappa shape index (κ2) is 5.89. The van der Waals surface area contributed by atoms with E-state index in [2.05, 4.69) is 16.0 Å². The van der Waals surface area contributed by atoms with Crippen LogP contribution in [0.4, 0.5) is 0 Å². The predicted octanol–water partition coefficient (Wildman–Crippen LogP) is -0.102. The van der Waals surface area contributed by atoms with Crippen LogP contribution < -0.4 is 16.0 Å². The number of nitrogens with one attached hydrogen (secondary N) is 3. The second-order valence-corrected chi connectivity index (χ2v) is 7.75. The molecule has 4 unspecified atom stereocenters. The summed E-state index contributed by atoms with van der Waals surface area (Å²) in [6.45, 7) is 2.08. The van der Waals surface area contributed by atoms with Crippen molar-refractivity contribution in [1.82, 2.24) is 20.9 Å². The van der Waals surface area contributed by atoms with Crippen molar-refractivity contribution in [3.63, 3.8) is 0 Å². The van der Waals surface area contributed by atoms with Crippen LogP contribution in [0.25, 0.3) is 0 Å². The fraction of sp³-hybridized carbons (Fsp3) is 0.526. The van der Waals surface area contributed by atoms with Crippen molar-refractivity contribution in [2.24, 2.45) is 5.92 Å². The molecule has 3 N–H and O–H groups in total. The SMILES string of the molecule is O=C1CCC(N2Cc3cccc(CNC4CNC5CC45)c3C2=O)C(=O)N1. The topological polar surface area (TPSA) is 90.5 Å². The number of rotatable bonds is 4. The van der Waals surface area contributed by atoms with Gasteiger partial charge in [0.25, 0.3) is 5.91 Å². The van der Waals surface area contributed by atoms with Gasteiger partial charge in [0.1, 0.15) is 6.04 Å². The summed E-state index contributed by atoms with van der Waals surface area (Å²) in [5, 5.41) is 9.43. The van der Waals surface area contributed by atoms with Crippen LogP contribution in [-0.4, -0.2) is 47.3 Å². The lowest BCUT2D eigenvalue weighted by atomic mass is 10.0. The Hall–Kier alpha value is -2.25. The van der Waals surface area contributed by atoms with Gasteiger partial charge in [-0.25, -0.2) is 0 Å². The van der Waals surface area contributed by atoms with Crippen molar-refractivity contribution in [2.45, 2.75) is 50.5 Å². The average Bonchev–Trinajstić information content (AvgIpc) is 3.18. The molecule has 5 rings (SSSR count). The Bertz CT molecular complexity index is 808. The van der Waals surface area contributed by atoms with Gasteiger partial charge in [-0.1, -0.05) is 18.2 Å². The molecule has 4 aliphatic rings. The van der Waals surface area contributed by atoms with Gasteiger partial charge in [0, 0.05) is 43.7 Å². The summed E-state index contributed by atoms with van der Waals surface area (Å²) in [7, 11) is 0. The smallest absolute Gasteiger partial charge is 0.255 e. The number of amides is 3. The number of benzene rings is 1. The predicted molar refractivity (Wildman–Crippen MR) is 93.0 cm³/mol. The highest BCUT2D eigenvalue weighted by molar-refractivity contribution is 6.05. The lowest BCUT2D eigenvalue weighted by Gasteiger charge is -2.29. The van der Waals surface area contributed by atoms with E-state index in [4.69, 9.17) is 0 Å². The Morgan fingerprint density at radius 1 is 1.23 bits per heavy atom. The van der Waals surface area contributed by atoms with Crippen LogP contribution in [0.3, 0.4) is 0 Å². The first kappa shape index (κ1) is 16.0. The van der Waals surface area contributed by atoms with E-state index in [1.54, 1.807) is 4.90 Å². The van der Waals surface area contributed by atoms with Crippen molar-refractivity contribution >= 4 is 17.7 Å². The molecule has 1 saturated carbocycles. The Kier molecular flexibility index (Phi) is 3.62. The monoisotopic (exact) mass is 354 g/mol. The lowest BCUT2D eigenvalue weighted by molar-refractivity contribution is -0.136. The number of imide groups is 1. The minimum Gasteiger partial charge on any atom is -0.322 e. The molecule has 3 aliphatic heterocycles. The van der Waals surface area contributed by atoms with E-state index in [1.807, 2.05) is 18.2 Å². The Morgan fingerprint density at radius 2 is 2.12 bits per heavy atom. The van der Waals surface area contributed by atoms with Gasteiger partial charge in [-0.3, -0.25) is 19.7 Å². The summed E-state index contributed by atoms with van der Waals surface area (Å²) < 4.78 is 0. The van der Waals surface area contributed by atoms with Crippen molar-refractivity contribution in [3.05, 3.63) is 34.9 Å². The van der Waals surface area contributed by atoms with Gasteiger partial charge in [-0.05, 0) is 29.9 Å². The maximum Gasteiger partial charge on any atom is 0.255 e. The molecule has 3 fully saturated rings. The molecule has 0 radical (unpaired) electrons. The van der Waals surface area contributed by atoms with E-state index in [9.17, 15) is 14.4 Å². The van der Waals surface area contributed by atoms with Crippen LogP contribution >= 0.6 is 0 Å². The summed E-state index contributed by atoms with van der Waals surface area (Å²) in [5.74, 6) is 0.00548. The fourth-order valence-electron chi connectivity index (χ4n) is 4.63. The molecule has 3 heterocycles. The zero-order valence-corrected chi connectivity index (χ0v) is 14.5. The quantitative estimate of drug-likeness (QED) is 0.657. The first-order valence-electron chi connectivity index (χ1n) is 9.34. The molecule has 0 bridgehead atoms. The Balaban J connectivity index is 1.33. The Labute approximate surface area is 151 Å². The van der Waals surface area contributed by atoms with Crippen molar-refractivity contribution in [2.75, 3.05) is 6.54 Å². The number of fused-ring (bicyclic) bond motifs is 2. The van der Waals surface area contributed by atoms with Gasteiger partial charge >= 0.3 is 0 Å². The fourth-order valence-corrected chi connectivity index (χ4v) is 4.63. The van der Waals surface area contributed by atoms with Crippen LogP contribution in [0.1, 0.15) is 40.7 Å². The number of piperidine rings is 2. The van der Waals surface area contributed by atoms with Crippen molar-refractivity contribution in [3.8, 4) is 0 Å². The number of nitrogens with zero attached hydrogens (tertiary/aromatic N) is 1. The van der Waals surface area contributed by atoms with E-state index in [1.165, 1.54) is 6.42 Å². The first-order valence-corrected chi connectivity index (χ1v) is 9.34. The van der Waals surface area contributed by atoms with E-state index in [0.29, 0.717) is 31.6 Å². The molecule has 1 aromatic carbocycles. The van der Waals surface area contributed by atoms with Gasteiger partial charge in [0.2, 0.25) is 11.8 Å². The van der Waals surface area contributed by atoms with Crippen molar-refractivity contribution in [1.29, 1.82) is 0 Å². The number of carbonyl (C=O) groups is 3. The largest absolute Gasteiger partial charge is 0.322 e. The highest BCUT2D eigenvalue weighted by atomic mass is 16.2. The molecule has 26 heavy (non-hydrogen) atoms. The third kappa shape index (κ3) is 2.54. The third-order valence-corrected chi connectivity index (χ3v) is 6.15. The molecule has 0 spiro atoms. The van der Waals surface area contributed by atoms with Gasteiger partial charge in [0.05, 0.1) is 0 Å². The Morgan fingerprint density at radius 3 is 2.85 bits per heavy atom. The lowest BCUT2D eigenvalue weighted by Crippen LogP contribution is -2.52. The summed E-state index contributed by atoms with van der Waals surface area (Å²) in [4.78, 5) is 38.2. The molecular formula is C19H22N4O3. The molecule has 3 amide bonds. The normalized spacial score (nSPS) is 32.5. The molecule has 2 saturated heterocycles. The summed E-state index contributed by atoms with van der Waals surface area (Å²) in [6, 6.07) is 6.52. The summed E-state index contributed by atoms with van der Waals surface area (Å²) >= 11 is 0. The maximum atomic E-state index is 13.0. The second-order valence-electron chi connectivity index (χ2n) is 7.75. The number of carbonyl (C=O) groups excluding carboxylic acids is 3. The van der Waals surface area contributed by atoms with Crippen LogP contribution in [-0.2, 0) is 22.7 Å². The number of hydrogen-bond donors (Lipinski definition) is 3. The van der Waals surface area contributed by atoms with Gasteiger partial charge in [0.15, 0.2) is 0 Å². The van der Waals surface area contributed by atoms with Gasteiger partial charge in [-0.2, -0.15) is 0 Å². The summed E-state index contributed by atoms with van der Waals surface area (Å²) in [6.07, 6.45) is 1.92. The van der Waals surface area contributed by atoms with Crippen LogP contribution in [0, 0.1) is 5.92 Å². The maximum absolute atomic E-state index is 13.0. The molecule has 1 aliphatic carbocycles. The highest BCUT2D eigenvalue weighted by Crippen LogP contribution is 2.38. The summed E-state index contributed by atoms with van der Waals surface area (Å²) in [5.41, 5.74) is 2.68. The molecular weight excluding hydrogens is 332 g/mol. The van der Waals surface area contributed by atoms with E-state index in [0.717, 1.165) is 29.2 Å². The third-order valence-electron chi connectivity index (χ3n) is 6.15. The van der Waals surface area contributed by atoms with E-state index < -0.39 is 6.04 Å². The first-order chi connectivity index (χ1) is 12.6. The van der Waals surface area contributed by atoms with Crippen LogP contribution in [0.2, 0.25) is 0 Å². The molecule has 1 aromatic rings. The standard InChI is InChI=1S/C19H22N4O3/c24-16-5-4-15(18(25)22-16)23-9-11-3-1-2-10(17(11)19(23)26)7-20-14-8-21-13-6-12(13)14/h1-3,12-15,20-21H,4-9H2,(H,22,24,25). The molecule has 136 valence electrons. The minimum atomic E-state index is -0.556. The zero-order valence-electron chi connectivity index (χ0n) is 14.5. The van der Waals surface area contributed by atoms with Gasteiger partial charge in [-0.15, -0.1) is 0 Å². The van der Waals surface area contributed by atoms with Gasteiger partial charge < -0.3 is 15.5 Å². The minimum absolute atomic E-state index is 0.0965.